The van der Waals surface area contributed by atoms with Crippen molar-refractivity contribution in [3.05, 3.63) is 30.3 Å². The molecule has 3 fully saturated rings. The summed E-state index contributed by atoms with van der Waals surface area (Å²) in [6.07, 6.45) is 7.20. The molecule has 16 nitrogen and oxygen atoms in total. The third-order valence-corrected chi connectivity index (χ3v) is 16.0. The lowest BCUT2D eigenvalue weighted by atomic mass is 9.96. The monoisotopic (exact) mass is 1220 g/mol. The maximum Gasteiger partial charge on any atom is 0.316 e. The van der Waals surface area contributed by atoms with Crippen LogP contribution in [0.1, 0.15) is 178 Å². The van der Waals surface area contributed by atoms with E-state index >= 15 is 0 Å². The quantitative estimate of drug-likeness (QED) is 0.0345. The first kappa shape index (κ1) is 71.4. The van der Waals surface area contributed by atoms with Crippen LogP contribution in [0, 0.1) is 0 Å². The Morgan fingerprint density at radius 3 is 1.04 bits per heavy atom. The zero-order valence-corrected chi connectivity index (χ0v) is 53.2. The van der Waals surface area contributed by atoms with Gasteiger partial charge < -0.3 is 71.1 Å². The average molecular weight is 1220 g/mol. The van der Waals surface area contributed by atoms with Crippen molar-refractivity contribution in [3.8, 4) is 0 Å². The van der Waals surface area contributed by atoms with Crippen molar-refractivity contribution in [1.29, 1.82) is 0 Å². The third-order valence-electron chi connectivity index (χ3n) is 14.4. The lowest BCUT2D eigenvalue weighted by Gasteiger charge is -2.49. The predicted molar refractivity (Wildman–Crippen MR) is 317 cm³/mol. The Hall–Kier alpha value is -1.04. The molecule has 0 saturated carbocycles. The van der Waals surface area contributed by atoms with Gasteiger partial charge in [-0.05, 0) is 69.9 Å². The van der Waals surface area contributed by atoms with Crippen LogP contribution in [0.15, 0.2) is 35.2 Å². The first-order chi connectivity index (χ1) is 39.3. The number of benzene rings is 1. The molecular weight excluding hydrogens is 1110 g/mol. The summed E-state index contributed by atoms with van der Waals surface area (Å²) in [4.78, 5) is 13.7. The molecule has 466 valence electrons. The summed E-state index contributed by atoms with van der Waals surface area (Å²) in [5, 5.41) is 0.0421. The molecule has 3 saturated heterocycles. The molecule has 0 N–H and O–H groups in total. The second-order valence-corrected chi connectivity index (χ2v) is 23.0. The summed E-state index contributed by atoms with van der Waals surface area (Å²) in [5.41, 5.74) is -0.437. The van der Waals surface area contributed by atoms with E-state index in [4.69, 9.17) is 71.1 Å². The highest BCUT2D eigenvalue weighted by molar-refractivity contribution is 9.09. The van der Waals surface area contributed by atoms with Crippen molar-refractivity contribution in [2.24, 2.45) is 0 Å². The van der Waals surface area contributed by atoms with E-state index in [0.29, 0.717) is 59.5 Å². The van der Waals surface area contributed by atoms with Crippen LogP contribution in [-0.4, -0.2) is 182 Å². The summed E-state index contributed by atoms with van der Waals surface area (Å²) in [6, 6.07) is 10.3. The standard InChI is InChI=1S/C62H109BrO16S/c1-10-19-33-65-51-47(43-74-50(64)42-63)77-60(57(71-39-25-16-7)54(51)68-36-22-13-4)75-44-48-52(66-34-20-11-2)55(69-37-23-14-5)58(72-40-26-17-8)61(78-48)76-45-49-53(67-35-21-12-3)56(70-38-24-15-6)59(73-41-27-18-9)62(79-49)80-46-31-29-28-30-32-46/h28-32,47-49,51-62H,10-27,33-45H2,1-9H3/t47?,48?,49?,51-,52-,53-,54?,55?,56?,57?,58?,59?,60-,61-,62+/m1/s1. The Labute approximate surface area is 496 Å². The Balaban J connectivity index is 1.81. The number of unbranched alkanes of at least 4 members (excludes halogenated alkanes) is 9. The zero-order chi connectivity index (χ0) is 57.6. The fourth-order valence-corrected chi connectivity index (χ4v) is 10.9. The van der Waals surface area contributed by atoms with Crippen molar-refractivity contribution in [2.75, 3.05) is 84.6 Å². The SMILES string of the molecule is CCCCOC1C(OCCCC)[C@H](OCCCC)C(COC(=O)CBr)O[C@H]1OCC1O[C@@H](OCC2O[C@@H](Sc3ccccc3)C(OCCCC)C(OCCCC)[C@@H]2OCCCC)C(OCCCC)C(OCCCC)[C@@H]1OCCCC. The molecule has 0 spiro atoms. The first-order valence-corrected chi connectivity index (χ1v) is 33.4. The maximum atomic E-state index is 12.7. The van der Waals surface area contributed by atoms with Gasteiger partial charge in [-0.25, -0.2) is 0 Å². The van der Waals surface area contributed by atoms with Crippen molar-refractivity contribution in [3.63, 3.8) is 0 Å². The fourth-order valence-electron chi connectivity index (χ4n) is 9.60. The van der Waals surface area contributed by atoms with Crippen molar-refractivity contribution >= 4 is 33.7 Å². The largest absolute Gasteiger partial charge is 0.462 e. The van der Waals surface area contributed by atoms with Gasteiger partial charge in [-0.2, -0.15) is 0 Å². The molecule has 1 aromatic carbocycles. The Morgan fingerprint density at radius 1 is 0.388 bits per heavy atom. The topological polar surface area (TPSA) is 156 Å². The molecule has 0 aromatic heterocycles. The molecule has 9 unspecified atom stereocenters. The van der Waals surface area contributed by atoms with Gasteiger partial charge in [0.2, 0.25) is 0 Å². The van der Waals surface area contributed by atoms with Gasteiger partial charge >= 0.3 is 5.97 Å². The minimum atomic E-state index is -0.970. The average Bonchev–Trinajstić information content (AvgIpc) is 3.47. The number of hydrogen-bond acceptors (Lipinski definition) is 17. The predicted octanol–water partition coefficient (Wildman–Crippen LogP) is 12.6. The summed E-state index contributed by atoms with van der Waals surface area (Å²) in [7, 11) is 0. The maximum absolute atomic E-state index is 12.7. The molecular formula is C62H109BrO16S. The third kappa shape index (κ3) is 25.1. The highest BCUT2D eigenvalue weighted by Gasteiger charge is 2.54. The minimum Gasteiger partial charge on any atom is -0.462 e. The number of carbonyl (C=O) groups is 1. The van der Waals surface area contributed by atoms with Crippen LogP contribution in [0.5, 0.6) is 0 Å². The van der Waals surface area contributed by atoms with Gasteiger partial charge in [-0.1, -0.05) is 166 Å². The van der Waals surface area contributed by atoms with Crippen LogP contribution in [0.4, 0.5) is 0 Å². The highest BCUT2D eigenvalue weighted by atomic mass is 79.9. The van der Waals surface area contributed by atoms with Gasteiger partial charge in [0.1, 0.15) is 90.6 Å². The summed E-state index contributed by atoms with van der Waals surface area (Å²) < 4.78 is 103. The van der Waals surface area contributed by atoms with E-state index in [1.54, 1.807) is 11.8 Å². The van der Waals surface area contributed by atoms with Crippen molar-refractivity contribution in [2.45, 2.75) is 274 Å². The highest BCUT2D eigenvalue weighted by Crippen LogP contribution is 2.39. The van der Waals surface area contributed by atoms with Crippen LogP contribution in [0.2, 0.25) is 0 Å². The van der Waals surface area contributed by atoms with E-state index in [1.807, 2.05) is 18.2 Å². The van der Waals surface area contributed by atoms with E-state index in [2.05, 4.69) is 90.4 Å². The number of ether oxygens (including phenoxy) is 15. The summed E-state index contributed by atoms with van der Waals surface area (Å²) >= 11 is 4.89. The molecule has 18 heteroatoms. The number of carbonyl (C=O) groups excluding carboxylic acids is 1. The molecule has 3 aliphatic heterocycles. The van der Waals surface area contributed by atoms with Gasteiger partial charge in [-0.3, -0.25) is 4.79 Å². The van der Waals surface area contributed by atoms with E-state index in [-0.39, 0.29) is 25.2 Å². The van der Waals surface area contributed by atoms with Crippen LogP contribution in [0.25, 0.3) is 0 Å². The Kier molecular flexibility index (Phi) is 39.7. The van der Waals surface area contributed by atoms with E-state index in [0.717, 1.165) is 120 Å². The van der Waals surface area contributed by atoms with E-state index < -0.39 is 97.2 Å². The second-order valence-electron chi connectivity index (χ2n) is 21.2. The molecule has 15 atom stereocenters. The van der Waals surface area contributed by atoms with E-state index in [9.17, 15) is 4.79 Å². The smallest absolute Gasteiger partial charge is 0.316 e. The van der Waals surface area contributed by atoms with Crippen LogP contribution in [-0.2, 0) is 75.8 Å². The normalized spacial score (nSPS) is 29.1. The molecule has 4 rings (SSSR count). The van der Waals surface area contributed by atoms with Gasteiger partial charge in [0.05, 0.1) is 13.2 Å². The van der Waals surface area contributed by atoms with Crippen molar-refractivity contribution < 1.29 is 75.8 Å². The van der Waals surface area contributed by atoms with Gasteiger partial charge in [-0.15, -0.1) is 0 Å². The van der Waals surface area contributed by atoms with Gasteiger partial charge in [0.15, 0.2) is 12.6 Å². The lowest BCUT2D eigenvalue weighted by molar-refractivity contribution is -0.352. The lowest BCUT2D eigenvalue weighted by Crippen LogP contribution is -2.65. The van der Waals surface area contributed by atoms with Gasteiger partial charge in [0.25, 0.3) is 0 Å². The number of hydrogen-bond donors (Lipinski definition) is 0. The molecule has 0 bridgehead atoms. The number of halogens is 1. The molecule has 0 radical (unpaired) electrons. The Bertz CT molecular complexity index is 1640. The summed E-state index contributed by atoms with van der Waals surface area (Å²) in [6.45, 7) is 23.9. The fraction of sp³-hybridized carbons (Fsp3) is 0.887. The zero-order valence-electron chi connectivity index (χ0n) is 50.8. The molecule has 0 aliphatic carbocycles. The molecule has 80 heavy (non-hydrogen) atoms. The molecule has 0 amide bonds. The van der Waals surface area contributed by atoms with Crippen LogP contribution < -0.4 is 0 Å². The van der Waals surface area contributed by atoms with Crippen molar-refractivity contribution in [1.82, 2.24) is 0 Å². The molecule has 3 aliphatic rings. The summed E-state index contributed by atoms with van der Waals surface area (Å²) in [5.74, 6) is -0.413. The van der Waals surface area contributed by atoms with Crippen LogP contribution >= 0.6 is 27.7 Å². The van der Waals surface area contributed by atoms with Crippen LogP contribution in [0.3, 0.4) is 0 Å². The molecule has 3 heterocycles. The molecule has 1 aromatic rings. The van der Waals surface area contributed by atoms with Gasteiger partial charge in [0, 0.05) is 64.4 Å². The number of esters is 1. The van der Waals surface area contributed by atoms with E-state index in [1.165, 1.54) is 0 Å². The number of rotatable bonds is 47. The first-order valence-electron chi connectivity index (χ1n) is 31.4. The minimum absolute atomic E-state index is 0.00378. The Morgan fingerprint density at radius 2 is 0.688 bits per heavy atom. The number of alkyl halides is 1. The number of thioether (sulfide) groups is 1. The second kappa shape index (κ2) is 44.4.